The summed E-state index contributed by atoms with van der Waals surface area (Å²) in [6.45, 7) is 5.64. The van der Waals surface area contributed by atoms with E-state index in [1.54, 1.807) is 0 Å². The summed E-state index contributed by atoms with van der Waals surface area (Å²) in [6.07, 6.45) is 1.89. The molecule has 0 radical (unpaired) electrons. The lowest BCUT2D eigenvalue weighted by molar-refractivity contribution is 0.442. The standard InChI is InChI=1S/C21H20FN5O.ClH/c1-11-7-14(10-18-19(11)24-12(2)28-18)15-8-16(22)20-17(9-15)26-27-21(25-20)13-3-5-23-6-4-13;/h7-10,13,23H,3-6H2,1-2H3;1H. The predicted molar refractivity (Wildman–Crippen MR) is 112 cm³/mol. The molecule has 1 fully saturated rings. The molecular formula is C21H21ClFN5O. The Kier molecular flexibility index (Phi) is 5.19. The quantitative estimate of drug-likeness (QED) is 0.522. The summed E-state index contributed by atoms with van der Waals surface area (Å²) in [5, 5.41) is 11.9. The highest BCUT2D eigenvalue weighted by Crippen LogP contribution is 2.31. The maximum absolute atomic E-state index is 14.9. The second kappa shape index (κ2) is 7.65. The van der Waals surface area contributed by atoms with Crippen molar-refractivity contribution in [2.75, 3.05) is 13.1 Å². The molecule has 1 aliphatic rings. The molecule has 0 bridgehead atoms. The van der Waals surface area contributed by atoms with Crippen molar-refractivity contribution in [3.05, 3.63) is 47.4 Å². The first kappa shape index (κ1) is 19.7. The van der Waals surface area contributed by atoms with Crippen LogP contribution in [0.25, 0.3) is 33.3 Å². The fourth-order valence-electron chi connectivity index (χ4n) is 3.91. The highest BCUT2D eigenvalue weighted by atomic mass is 35.5. The van der Waals surface area contributed by atoms with E-state index >= 15 is 0 Å². The van der Waals surface area contributed by atoms with Gasteiger partial charge in [0.15, 0.2) is 23.1 Å². The number of hydrogen-bond donors (Lipinski definition) is 1. The van der Waals surface area contributed by atoms with Crippen molar-refractivity contribution in [3.63, 3.8) is 0 Å². The highest BCUT2D eigenvalue weighted by molar-refractivity contribution is 5.87. The van der Waals surface area contributed by atoms with Crippen LogP contribution in [0.3, 0.4) is 0 Å². The van der Waals surface area contributed by atoms with Gasteiger partial charge in [0, 0.05) is 12.8 Å². The predicted octanol–water partition coefficient (Wildman–Crippen LogP) is 4.48. The monoisotopic (exact) mass is 413 g/mol. The number of piperidine rings is 1. The number of rotatable bonds is 2. The van der Waals surface area contributed by atoms with Gasteiger partial charge in [0.05, 0.1) is 0 Å². The van der Waals surface area contributed by atoms with Crippen molar-refractivity contribution in [2.45, 2.75) is 32.6 Å². The number of hydrogen-bond acceptors (Lipinski definition) is 6. The number of halogens is 2. The molecule has 5 rings (SSSR count). The smallest absolute Gasteiger partial charge is 0.192 e. The lowest BCUT2D eigenvalue weighted by atomic mass is 9.97. The van der Waals surface area contributed by atoms with Crippen molar-refractivity contribution in [3.8, 4) is 11.1 Å². The molecule has 8 heteroatoms. The Labute approximate surface area is 173 Å². The second-order valence-electron chi connectivity index (χ2n) is 7.39. The van der Waals surface area contributed by atoms with Crippen LogP contribution in [0.1, 0.15) is 36.0 Å². The van der Waals surface area contributed by atoms with Gasteiger partial charge in [0.1, 0.15) is 16.6 Å². The van der Waals surface area contributed by atoms with E-state index in [-0.39, 0.29) is 29.7 Å². The van der Waals surface area contributed by atoms with E-state index in [0.717, 1.165) is 48.1 Å². The fraction of sp³-hybridized carbons (Fsp3) is 0.333. The van der Waals surface area contributed by atoms with Gasteiger partial charge < -0.3 is 9.73 Å². The molecule has 2 aromatic heterocycles. The van der Waals surface area contributed by atoms with Gasteiger partial charge >= 0.3 is 0 Å². The van der Waals surface area contributed by atoms with Crippen molar-refractivity contribution < 1.29 is 8.81 Å². The molecule has 6 nitrogen and oxygen atoms in total. The summed E-state index contributed by atoms with van der Waals surface area (Å²) in [5.74, 6) is 1.09. The Morgan fingerprint density at radius 1 is 0.966 bits per heavy atom. The minimum Gasteiger partial charge on any atom is -0.441 e. The van der Waals surface area contributed by atoms with Gasteiger partial charge in [-0.1, -0.05) is 0 Å². The van der Waals surface area contributed by atoms with Gasteiger partial charge in [0.2, 0.25) is 0 Å². The molecule has 0 saturated carbocycles. The molecule has 0 amide bonds. The van der Waals surface area contributed by atoms with Crippen molar-refractivity contribution in [1.82, 2.24) is 25.5 Å². The number of nitrogens with zero attached hydrogens (tertiary/aromatic N) is 4. The lowest BCUT2D eigenvalue weighted by Crippen LogP contribution is -2.27. The molecular weight excluding hydrogens is 393 g/mol. The van der Waals surface area contributed by atoms with Crippen molar-refractivity contribution in [2.24, 2.45) is 0 Å². The molecule has 150 valence electrons. The van der Waals surface area contributed by atoms with E-state index in [2.05, 4.69) is 25.5 Å². The molecule has 0 unspecified atom stereocenters. The molecule has 0 spiro atoms. The lowest BCUT2D eigenvalue weighted by Gasteiger charge is -2.20. The second-order valence-corrected chi connectivity index (χ2v) is 7.39. The first-order chi connectivity index (χ1) is 13.6. The Hall–Kier alpha value is -2.64. The van der Waals surface area contributed by atoms with Crippen LogP contribution in [0.4, 0.5) is 4.39 Å². The molecule has 2 aromatic carbocycles. The zero-order valence-electron chi connectivity index (χ0n) is 16.2. The summed E-state index contributed by atoms with van der Waals surface area (Å²) in [4.78, 5) is 8.89. The van der Waals surface area contributed by atoms with Crippen LogP contribution in [0, 0.1) is 19.7 Å². The number of fused-ring (bicyclic) bond motifs is 2. The number of aryl methyl sites for hydroxylation is 2. The normalized spacial score (nSPS) is 15.0. The average molecular weight is 414 g/mol. The van der Waals surface area contributed by atoms with Crippen molar-refractivity contribution >= 4 is 34.5 Å². The summed E-state index contributed by atoms with van der Waals surface area (Å²) >= 11 is 0. The molecule has 3 heterocycles. The van der Waals surface area contributed by atoms with E-state index in [9.17, 15) is 4.39 Å². The Morgan fingerprint density at radius 2 is 1.72 bits per heavy atom. The zero-order valence-corrected chi connectivity index (χ0v) is 17.0. The van der Waals surface area contributed by atoms with Gasteiger partial charge in [-0.15, -0.1) is 22.6 Å². The van der Waals surface area contributed by atoms with Gasteiger partial charge in [-0.2, -0.15) is 0 Å². The van der Waals surface area contributed by atoms with E-state index in [4.69, 9.17) is 4.42 Å². The molecule has 0 atom stereocenters. The number of aromatic nitrogens is 4. The Balaban J connectivity index is 0.00000205. The number of nitrogens with one attached hydrogen (secondary N) is 1. The zero-order chi connectivity index (χ0) is 19.3. The van der Waals surface area contributed by atoms with Gasteiger partial charge in [-0.05, 0) is 73.8 Å². The summed E-state index contributed by atoms with van der Waals surface area (Å²) in [7, 11) is 0. The first-order valence-corrected chi connectivity index (χ1v) is 9.51. The summed E-state index contributed by atoms with van der Waals surface area (Å²) in [5.41, 5.74) is 4.81. The van der Waals surface area contributed by atoms with E-state index in [1.165, 1.54) is 6.07 Å². The Morgan fingerprint density at radius 3 is 2.52 bits per heavy atom. The van der Waals surface area contributed by atoms with Gasteiger partial charge in [0.25, 0.3) is 0 Å². The molecule has 29 heavy (non-hydrogen) atoms. The maximum atomic E-state index is 14.9. The van der Waals surface area contributed by atoms with Gasteiger partial charge in [-0.3, -0.25) is 0 Å². The van der Waals surface area contributed by atoms with E-state index in [0.29, 0.717) is 22.8 Å². The molecule has 4 aromatic rings. The van der Waals surface area contributed by atoms with E-state index < -0.39 is 0 Å². The minimum absolute atomic E-state index is 0. The van der Waals surface area contributed by atoms with Crippen LogP contribution in [-0.2, 0) is 0 Å². The third-order valence-electron chi connectivity index (χ3n) is 5.36. The largest absolute Gasteiger partial charge is 0.441 e. The first-order valence-electron chi connectivity index (χ1n) is 9.51. The highest BCUT2D eigenvalue weighted by Gasteiger charge is 2.20. The summed E-state index contributed by atoms with van der Waals surface area (Å²) in [6, 6.07) is 7.20. The maximum Gasteiger partial charge on any atom is 0.192 e. The van der Waals surface area contributed by atoms with Crippen LogP contribution in [0.15, 0.2) is 28.7 Å². The molecule has 1 N–H and O–H groups in total. The minimum atomic E-state index is -0.385. The molecule has 0 aliphatic carbocycles. The van der Waals surface area contributed by atoms with Crippen LogP contribution in [-0.4, -0.2) is 33.3 Å². The topological polar surface area (TPSA) is 76.7 Å². The van der Waals surface area contributed by atoms with Crippen LogP contribution < -0.4 is 5.32 Å². The van der Waals surface area contributed by atoms with Gasteiger partial charge in [-0.25, -0.2) is 14.4 Å². The molecule has 1 aliphatic heterocycles. The fourth-order valence-corrected chi connectivity index (χ4v) is 3.91. The summed E-state index contributed by atoms with van der Waals surface area (Å²) < 4.78 is 20.6. The third-order valence-corrected chi connectivity index (χ3v) is 5.36. The third kappa shape index (κ3) is 3.56. The molecule has 1 saturated heterocycles. The number of benzene rings is 2. The van der Waals surface area contributed by atoms with Crippen LogP contribution >= 0.6 is 12.4 Å². The van der Waals surface area contributed by atoms with Crippen molar-refractivity contribution in [1.29, 1.82) is 0 Å². The van der Waals surface area contributed by atoms with Crippen LogP contribution in [0.5, 0.6) is 0 Å². The SMILES string of the molecule is Cc1nc2c(C)cc(-c3cc(F)c4nc(C5CCNCC5)nnc4c3)cc2o1.Cl. The Bertz CT molecular complexity index is 1200. The van der Waals surface area contributed by atoms with Crippen LogP contribution in [0.2, 0.25) is 0 Å². The average Bonchev–Trinajstić information content (AvgIpc) is 3.09. The van der Waals surface area contributed by atoms with E-state index in [1.807, 2.05) is 32.0 Å². The number of oxazole rings is 1.